The van der Waals surface area contributed by atoms with Crippen LogP contribution in [0.1, 0.15) is 10.8 Å². The monoisotopic (exact) mass is 302 g/mol. The molecule has 0 aliphatic rings. The van der Waals surface area contributed by atoms with Crippen molar-refractivity contribution in [2.24, 2.45) is 5.73 Å². The molecular weight excluding hydrogens is 288 g/mol. The molecule has 0 atom stereocenters. The van der Waals surface area contributed by atoms with Gasteiger partial charge in [-0.3, -0.25) is 0 Å². The van der Waals surface area contributed by atoms with Crippen LogP contribution >= 0.6 is 11.3 Å². The predicted octanol–water partition coefficient (Wildman–Crippen LogP) is 2.27. The second kappa shape index (κ2) is 6.47. The molecule has 0 spiro atoms. The zero-order valence-electron chi connectivity index (χ0n) is 11.2. The Morgan fingerprint density at radius 2 is 2.05 bits per heavy atom. The van der Waals surface area contributed by atoms with Crippen molar-refractivity contribution in [1.29, 1.82) is 0 Å². The van der Waals surface area contributed by atoms with Crippen molar-refractivity contribution in [3.8, 4) is 17.3 Å². The van der Waals surface area contributed by atoms with Crippen molar-refractivity contribution in [3.05, 3.63) is 46.5 Å². The molecule has 6 nitrogen and oxygen atoms in total. The summed E-state index contributed by atoms with van der Waals surface area (Å²) in [5, 5.41) is 6.63. The summed E-state index contributed by atoms with van der Waals surface area (Å²) in [5.74, 6) is 1.84. The highest BCUT2D eigenvalue weighted by atomic mass is 32.1. The maximum absolute atomic E-state index is 5.59. The first-order chi connectivity index (χ1) is 10.3. The average molecular weight is 302 g/mol. The summed E-state index contributed by atoms with van der Waals surface area (Å²) in [6, 6.07) is 9.62. The van der Waals surface area contributed by atoms with Gasteiger partial charge in [0.15, 0.2) is 5.82 Å². The van der Waals surface area contributed by atoms with E-state index in [1.165, 1.54) is 11.3 Å². The minimum Gasteiger partial charge on any atom is -0.493 e. The summed E-state index contributed by atoms with van der Waals surface area (Å²) in [6.07, 6.45) is 0.576. The van der Waals surface area contributed by atoms with Crippen molar-refractivity contribution in [1.82, 2.24) is 15.1 Å². The van der Waals surface area contributed by atoms with Crippen LogP contribution in [0.25, 0.3) is 11.6 Å². The highest BCUT2D eigenvalue weighted by Crippen LogP contribution is 2.20. The third-order valence-corrected chi connectivity index (χ3v) is 3.62. The van der Waals surface area contributed by atoms with Crippen LogP contribution in [0.3, 0.4) is 0 Å². The second-order valence-corrected chi connectivity index (χ2v) is 5.20. The summed E-state index contributed by atoms with van der Waals surface area (Å²) < 4.78 is 10.8. The fourth-order valence-corrected chi connectivity index (χ4v) is 2.39. The van der Waals surface area contributed by atoms with E-state index >= 15 is 0 Å². The Labute approximate surface area is 125 Å². The molecule has 0 fully saturated rings. The van der Waals surface area contributed by atoms with Crippen molar-refractivity contribution >= 4 is 11.3 Å². The molecule has 21 heavy (non-hydrogen) atoms. The fraction of sp³-hybridized carbons (Fsp3) is 0.214. The lowest BCUT2D eigenvalue weighted by Gasteiger charge is -2.02. The van der Waals surface area contributed by atoms with E-state index < -0.39 is 0 Å². The Kier molecular flexibility index (Phi) is 4.23. The molecular formula is C14H14N4O2S. The zero-order chi connectivity index (χ0) is 14.5. The van der Waals surface area contributed by atoms with Gasteiger partial charge in [-0.2, -0.15) is 4.98 Å². The molecule has 0 aliphatic carbocycles. The summed E-state index contributed by atoms with van der Waals surface area (Å²) >= 11 is 1.48. The molecule has 2 aromatic heterocycles. The Bertz CT molecular complexity index is 696. The SMILES string of the molecule is NCc1nc(-c2nc(CCOc3ccccc3)no2)cs1. The van der Waals surface area contributed by atoms with Gasteiger partial charge in [-0.15, -0.1) is 11.3 Å². The molecule has 108 valence electrons. The second-order valence-electron chi connectivity index (χ2n) is 4.26. The van der Waals surface area contributed by atoms with Crippen molar-refractivity contribution < 1.29 is 9.26 Å². The van der Waals surface area contributed by atoms with Gasteiger partial charge >= 0.3 is 0 Å². The van der Waals surface area contributed by atoms with Gasteiger partial charge in [-0.1, -0.05) is 23.4 Å². The third kappa shape index (κ3) is 3.45. The summed E-state index contributed by atoms with van der Waals surface area (Å²) in [5.41, 5.74) is 6.20. The van der Waals surface area contributed by atoms with Gasteiger partial charge in [-0.05, 0) is 12.1 Å². The van der Waals surface area contributed by atoms with Crippen LogP contribution in [-0.2, 0) is 13.0 Å². The average Bonchev–Trinajstić information content (AvgIpc) is 3.17. The highest BCUT2D eigenvalue weighted by molar-refractivity contribution is 7.09. The topological polar surface area (TPSA) is 87.1 Å². The molecule has 0 radical (unpaired) electrons. The van der Waals surface area contributed by atoms with Crippen LogP contribution < -0.4 is 10.5 Å². The number of hydrogen-bond acceptors (Lipinski definition) is 7. The van der Waals surface area contributed by atoms with Crippen molar-refractivity contribution in [2.75, 3.05) is 6.61 Å². The van der Waals surface area contributed by atoms with Gasteiger partial charge in [0.05, 0.1) is 6.61 Å². The number of nitrogens with zero attached hydrogens (tertiary/aromatic N) is 3. The number of ether oxygens (including phenoxy) is 1. The van der Waals surface area contributed by atoms with E-state index in [0.29, 0.717) is 37.0 Å². The third-order valence-electron chi connectivity index (χ3n) is 2.75. The number of para-hydroxylation sites is 1. The first kappa shape index (κ1) is 13.7. The van der Waals surface area contributed by atoms with E-state index in [1.54, 1.807) is 0 Å². The van der Waals surface area contributed by atoms with Crippen LogP contribution in [0.2, 0.25) is 0 Å². The lowest BCUT2D eigenvalue weighted by atomic mass is 10.3. The van der Waals surface area contributed by atoms with E-state index in [1.807, 2.05) is 35.7 Å². The number of thiazole rings is 1. The lowest BCUT2D eigenvalue weighted by Crippen LogP contribution is -2.02. The number of benzene rings is 1. The maximum Gasteiger partial charge on any atom is 0.277 e. The predicted molar refractivity (Wildman–Crippen MR) is 78.9 cm³/mol. The smallest absolute Gasteiger partial charge is 0.277 e. The standard InChI is InChI=1S/C14H14N4O2S/c15-8-13-16-11(9-21-13)14-17-12(18-20-14)6-7-19-10-4-2-1-3-5-10/h1-5,9H,6-8,15H2. The Morgan fingerprint density at radius 3 is 2.81 bits per heavy atom. The normalized spacial score (nSPS) is 10.7. The van der Waals surface area contributed by atoms with E-state index in [9.17, 15) is 0 Å². The molecule has 2 N–H and O–H groups in total. The van der Waals surface area contributed by atoms with Crippen LogP contribution in [0.5, 0.6) is 5.75 Å². The van der Waals surface area contributed by atoms with Gasteiger partial charge in [0.25, 0.3) is 5.89 Å². The first-order valence-electron chi connectivity index (χ1n) is 6.50. The molecule has 0 unspecified atom stereocenters. The number of hydrogen-bond donors (Lipinski definition) is 1. The maximum atomic E-state index is 5.59. The minimum atomic E-state index is 0.413. The molecule has 3 rings (SSSR count). The molecule has 2 heterocycles. The largest absolute Gasteiger partial charge is 0.493 e. The lowest BCUT2D eigenvalue weighted by molar-refractivity contribution is 0.315. The molecule has 0 amide bonds. The Balaban J connectivity index is 1.58. The first-order valence-corrected chi connectivity index (χ1v) is 7.38. The molecule has 3 aromatic rings. The van der Waals surface area contributed by atoms with Gasteiger partial charge in [0.2, 0.25) is 0 Å². The Hall–Kier alpha value is -2.25. The molecule has 7 heteroatoms. The van der Waals surface area contributed by atoms with Crippen molar-refractivity contribution in [3.63, 3.8) is 0 Å². The molecule has 0 aliphatic heterocycles. The van der Waals surface area contributed by atoms with Crippen LogP contribution in [0, 0.1) is 0 Å². The molecule has 0 saturated heterocycles. The van der Waals surface area contributed by atoms with Gasteiger partial charge in [-0.25, -0.2) is 4.98 Å². The summed E-state index contributed by atoms with van der Waals surface area (Å²) in [6.45, 7) is 0.907. The number of aromatic nitrogens is 3. The number of rotatable bonds is 6. The van der Waals surface area contributed by atoms with Crippen molar-refractivity contribution in [2.45, 2.75) is 13.0 Å². The van der Waals surface area contributed by atoms with Gasteiger partial charge in [0.1, 0.15) is 16.5 Å². The quantitative estimate of drug-likeness (QED) is 0.751. The Morgan fingerprint density at radius 1 is 1.19 bits per heavy atom. The van der Waals surface area contributed by atoms with Gasteiger partial charge in [0, 0.05) is 18.3 Å². The summed E-state index contributed by atoms with van der Waals surface area (Å²) in [4.78, 5) is 8.61. The van der Waals surface area contributed by atoms with Crippen LogP contribution in [-0.4, -0.2) is 21.7 Å². The highest BCUT2D eigenvalue weighted by Gasteiger charge is 2.12. The van der Waals surface area contributed by atoms with E-state index in [4.69, 9.17) is 15.0 Å². The van der Waals surface area contributed by atoms with Crippen LogP contribution in [0.15, 0.2) is 40.2 Å². The molecule has 0 bridgehead atoms. The molecule has 0 saturated carbocycles. The van der Waals surface area contributed by atoms with E-state index in [-0.39, 0.29) is 0 Å². The summed E-state index contributed by atoms with van der Waals surface area (Å²) in [7, 11) is 0. The number of nitrogens with two attached hydrogens (primary N) is 1. The molecule has 1 aromatic carbocycles. The van der Waals surface area contributed by atoms with Crippen LogP contribution in [0.4, 0.5) is 0 Å². The zero-order valence-corrected chi connectivity index (χ0v) is 12.0. The fourth-order valence-electron chi connectivity index (χ4n) is 1.74. The minimum absolute atomic E-state index is 0.413. The van der Waals surface area contributed by atoms with Gasteiger partial charge < -0.3 is 15.0 Å². The van der Waals surface area contributed by atoms with E-state index in [2.05, 4.69) is 15.1 Å². The van der Waals surface area contributed by atoms with E-state index in [0.717, 1.165) is 10.8 Å².